The third-order valence-electron chi connectivity index (χ3n) is 4.68. The number of fused-ring (bicyclic) bond motifs is 1. The van der Waals surface area contributed by atoms with Crippen LogP contribution in [0.3, 0.4) is 0 Å². The number of ether oxygens (including phenoxy) is 2. The summed E-state index contributed by atoms with van der Waals surface area (Å²) in [4.78, 5) is 6.63. The van der Waals surface area contributed by atoms with Crippen molar-refractivity contribution in [3.05, 3.63) is 48.8 Å². The number of hydrogen-bond donors (Lipinski definition) is 1. The van der Waals surface area contributed by atoms with E-state index in [1.54, 1.807) is 31.2 Å². The van der Waals surface area contributed by atoms with E-state index in [1.807, 2.05) is 48.5 Å². The lowest BCUT2D eigenvalue weighted by molar-refractivity contribution is 0.305. The Labute approximate surface area is 173 Å². The fourth-order valence-corrected chi connectivity index (χ4v) is 3.21. The molecule has 2 aromatic heterocycles. The number of hydrogen-bond acceptors (Lipinski definition) is 8. The number of aryl methyl sites for hydroxylation is 1. The van der Waals surface area contributed by atoms with Crippen molar-refractivity contribution in [2.45, 2.75) is 0 Å². The summed E-state index contributed by atoms with van der Waals surface area (Å²) in [5, 5.41) is 22.3. The zero-order valence-corrected chi connectivity index (χ0v) is 17.0. The Morgan fingerprint density at radius 2 is 1.73 bits per heavy atom. The zero-order valence-electron chi connectivity index (χ0n) is 17.0. The van der Waals surface area contributed by atoms with Crippen LogP contribution in [0.15, 0.2) is 48.8 Å². The second-order valence-electron chi connectivity index (χ2n) is 6.66. The summed E-state index contributed by atoms with van der Waals surface area (Å²) in [6, 6.07) is 11.3. The van der Waals surface area contributed by atoms with Crippen LogP contribution in [0.25, 0.3) is 22.4 Å². The molecule has 2 aromatic carbocycles. The molecule has 154 valence electrons. The highest BCUT2D eigenvalue weighted by atomic mass is 16.5. The van der Waals surface area contributed by atoms with E-state index in [2.05, 4.69) is 20.3 Å². The molecule has 0 aliphatic heterocycles. The quantitative estimate of drug-likeness (QED) is 0.500. The van der Waals surface area contributed by atoms with Gasteiger partial charge in [0.15, 0.2) is 5.82 Å². The number of aliphatic hydroxyl groups is 1. The van der Waals surface area contributed by atoms with Gasteiger partial charge in [-0.15, -0.1) is 10.2 Å². The van der Waals surface area contributed by atoms with Crippen molar-refractivity contribution in [3.8, 4) is 22.9 Å². The van der Waals surface area contributed by atoms with E-state index in [0.29, 0.717) is 34.9 Å². The fourth-order valence-electron chi connectivity index (χ4n) is 3.21. The molecule has 0 unspecified atom stereocenters. The molecule has 0 bridgehead atoms. The van der Waals surface area contributed by atoms with Gasteiger partial charge < -0.3 is 19.5 Å². The van der Waals surface area contributed by atoms with Crippen molar-refractivity contribution in [3.63, 3.8) is 0 Å². The number of anilines is 2. The number of aliphatic hydroxyl groups excluding tert-OH is 1. The Bertz CT molecular complexity index is 1150. The largest absolute Gasteiger partial charge is 0.497 e. The van der Waals surface area contributed by atoms with Crippen molar-refractivity contribution in [2.75, 3.05) is 32.3 Å². The van der Waals surface area contributed by atoms with Crippen molar-refractivity contribution in [2.24, 2.45) is 7.05 Å². The fraction of sp³-hybridized carbons (Fsp3) is 0.238. The van der Waals surface area contributed by atoms with Gasteiger partial charge >= 0.3 is 0 Å². The average molecular weight is 406 g/mol. The van der Waals surface area contributed by atoms with E-state index >= 15 is 0 Å². The molecule has 1 N–H and O–H groups in total. The molecule has 0 saturated carbocycles. The lowest BCUT2D eigenvalue weighted by Crippen LogP contribution is -2.21. The number of nitrogens with zero attached hydrogens (tertiary/aromatic N) is 6. The first-order valence-electron chi connectivity index (χ1n) is 9.36. The Kier molecular flexibility index (Phi) is 5.44. The third-order valence-corrected chi connectivity index (χ3v) is 4.68. The van der Waals surface area contributed by atoms with Crippen LogP contribution in [0.4, 0.5) is 11.4 Å². The summed E-state index contributed by atoms with van der Waals surface area (Å²) in [6.45, 7) is 0.357. The summed E-state index contributed by atoms with van der Waals surface area (Å²) < 4.78 is 12.5. The van der Waals surface area contributed by atoms with Crippen LogP contribution in [0.5, 0.6) is 11.5 Å². The highest BCUT2D eigenvalue weighted by Gasteiger charge is 2.14. The Morgan fingerprint density at radius 3 is 2.37 bits per heavy atom. The molecule has 2 heterocycles. The van der Waals surface area contributed by atoms with Crippen LogP contribution >= 0.6 is 0 Å². The molecule has 0 aliphatic rings. The van der Waals surface area contributed by atoms with Gasteiger partial charge in [0.25, 0.3) is 0 Å². The molecule has 30 heavy (non-hydrogen) atoms. The molecule has 9 heteroatoms. The highest BCUT2D eigenvalue weighted by Crippen LogP contribution is 2.33. The first-order valence-corrected chi connectivity index (χ1v) is 9.36. The molecule has 0 fully saturated rings. The molecule has 0 amide bonds. The second kappa shape index (κ2) is 8.34. The van der Waals surface area contributed by atoms with Crippen LogP contribution in [0.2, 0.25) is 0 Å². The molecule has 4 aromatic rings. The van der Waals surface area contributed by atoms with E-state index in [-0.39, 0.29) is 6.61 Å². The summed E-state index contributed by atoms with van der Waals surface area (Å²) in [7, 11) is 5.05. The first kappa shape index (κ1) is 19.6. The van der Waals surface area contributed by atoms with Crippen LogP contribution in [0.1, 0.15) is 0 Å². The van der Waals surface area contributed by atoms with Gasteiger partial charge in [-0.05, 0) is 18.2 Å². The molecule has 0 saturated heterocycles. The number of aromatic nitrogens is 5. The SMILES string of the molecule is COc1cc(OC)cc(N(CCO)c2ccc3nnc(-c4cnn(C)c4)nc3c2)c1. The van der Waals surface area contributed by atoms with Crippen LogP contribution in [0, 0.1) is 0 Å². The molecule has 0 spiro atoms. The van der Waals surface area contributed by atoms with Gasteiger partial charge in [0.1, 0.15) is 17.0 Å². The topological polar surface area (TPSA) is 98.4 Å². The van der Waals surface area contributed by atoms with Gasteiger partial charge in [-0.2, -0.15) is 5.10 Å². The number of methoxy groups -OCH3 is 2. The van der Waals surface area contributed by atoms with Crippen LogP contribution in [-0.2, 0) is 7.05 Å². The average Bonchev–Trinajstić information content (AvgIpc) is 3.22. The van der Waals surface area contributed by atoms with Gasteiger partial charge in [0.05, 0.1) is 38.1 Å². The standard InChI is InChI=1S/C21H22N6O3/c1-26-13-14(12-22-26)21-23-20-10-15(4-5-19(20)24-25-21)27(6-7-28)16-8-17(29-2)11-18(9-16)30-3/h4-5,8-13,28H,6-7H2,1-3H3. The maximum Gasteiger partial charge on any atom is 0.185 e. The van der Waals surface area contributed by atoms with E-state index in [9.17, 15) is 5.11 Å². The van der Waals surface area contributed by atoms with Gasteiger partial charge in [-0.25, -0.2) is 4.98 Å². The number of benzene rings is 2. The Balaban J connectivity index is 1.78. The normalized spacial score (nSPS) is 10.9. The van der Waals surface area contributed by atoms with Gasteiger partial charge in [-0.1, -0.05) is 0 Å². The second-order valence-corrected chi connectivity index (χ2v) is 6.66. The van der Waals surface area contributed by atoms with E-state index in [1.165, 1.54) is 0 Å². The van der Waals surface area contributed by atoms with Gasteiger partial charge in [0.2, 0.25) is 0 Å². The number of rotatable bonds is 7. The van der Waals surface area contributed by atoms with Crippen molar-refractivity contribution < 1.29 is 14.6 Å². The summed E-state index contributed by atoms with van der Waals surface area (Å²) in [5.74, 6) is 1.83. The lowest BCUT2D eigenvalue weighted by atomic mass is 10.2. The lowest BCUT2D eigenvalue weighted by Gasteiger charge is -2.25. The summed E-state index contributed by atoms with van der Waals surface area (Å²) >= 11 is 0. The molecular formula is C21H22N6O3. The monoisotopic (exact) mass is 406 g/mol. The maximum absolute atomic E-state index is 9.67. The minimum absolute atomic E-state index is 0.0273. The Morgan fingerprint density at radius 1 is 0.967 bits per heavy atom. The van der Waals surface area contributed by atoms with Crippen molar-refractivity contribution in [1.29, 1.82) is 0 Å². The smallest absolute Gasteiger partial charge is 0.185 e. The molecule has 0 radical (unpaired) electrons. The van der Waals surface area contributed by atoms with Gasteiger partial charge in [-0.3, -0.25) is 4.68 Å². The van der Waals surface area contributed by atoms with Crippen LogP contribution < -0.4 is 14.4 Å². The Hall–Kier alpha value is -3.72. The summed E-state index contributed by atoms with van der Waals surface area (Å²) in [6.07, 6.45) is 3.54. The maximum atomic E-state index is 9.67. The van der Waals surface area contributed by atoms with Crippen LogP contribution in [-0.4, -0.2) is 57.4 Å². The first-order chi connectivity index (χ1) is 14.6. The minimum Gasteiger partial charge on any atom is -0.497 e. The van der Waals surface area contributed by atoms with E-state index in [0.717, 1.165) is 16.9 Å². The highest BCUT2D eigenvalue weighted by molar-refractivity contribution is 5.82. The zero-order chi connectivity index (χ0) is 21.1. The molecule has 0 atom stereocenters. The predicted octanol–water partition coefficient (Wildman–Crippen LogP) is 2.57. The molecule has 9 nitrogen and oxygen atoms in total. The third kappa shape index (κ3) is 3.87. The van der Waals surface area contributed by atoms with E-state index < -0.39 is 0 Å². The van der Waals surface area contributed by atoms with Gasteiger partial charge in [0, 0.05) is 49.4 Å². The molecular weight excluding hydrogens is 384 g/mol. The molecule has 0 aliphatic carbocycles. The van der Waals surface area contributed by atoms with Crippen molar-refractivity contribution >= 4 is 22.4 Å². The predicted molar refractivity (Wildman–Crippen MR) is 113 cm³/mol. The van der Waals surface area contributed by atoms with E-state index in [4.69, 9.17) is 9.47 Å². The molecule has 4 rings (SSSR count). The van der Waals surface area contributed by atoms with Crippen molar-refractivity contribution in [1.82, 2.24) is 25.0 Å². The summed E-state index contributed by atoms with van der Waals surface area (Å²) in [5.41, 5.74) is 3.85. The minimum atomic E-state index is -0.0273.